The molecule has 0 heterocycles. The molecule has 1 rings (SSSR count). The number of esters is 1. The molecule has 15 heavy (non-hydrogen) atoms. The van der Waals surface area contributed by atoms with Crippen molar-refractivity contribution < 1.29 is 14.3 Å². The van der Waals surface area contributed by atoms with E-state index >= 15 is 0 Å². The van der Waals surface area contributed by atoms with Gasteiger partial charge in [-0.2, -0.15) is 0 Å². The lowest BCUT2D eigenvalue weighted by atomic mass is 10.1. The minimum absolute atomic E-state index is 0.226. The molecule has 1 aromatic carbocycles. The summed E-state index contributed by atoms with van der Waals surface area (Å²) in [5.41, 5.74) is 1.58. The molecule has 0 fully saturated rings. The molecule has 78 valence electrons. The van der Waals surface area contributed by atoms with Gasteiger partial charge in [0.25, 0.3) is 0 Å². The zero-order valence-electron chi connectivity index (χ0n) is 8.53. The van der Waals surface area contributed by atoms with Crippen LogP contribution >= 0.6 is 0 Å². The SMILES string of the molecule is C=Cc1ccc(OC(C)=O)c(CC=O)c1. The third-order valence-corrected chi connectivity index (χ3v) is 1.88. The first kappa shape index (κ1) is 11.2. The minimum Gasteiger partial charge on any atom is -0.426 e. The predicted molar refractivity (Wildman–Crippen MR) is 57.6 cm³/mol. The number of hydrogen-bond acceptors (Lipinski definition) is 3. The molecule has 0 aromatic heterocycles. The second kappa shape index (κ2) is 5.10. The molecular formula is C12H12O3. The van der Waals surface area contributed by atoms with Crippen LogP contribution < -0.4 is 4.74 Å². The lowest BCUT2D eigenvalue weighted by molar-refractivity contribution is -0.132. The Bertz CT molecular complexity index is 394. The number of benzene rings is 1. The van der Waals surface area contributed by atoms with E-state index in [-0.39, 0.29) is 6.42 Å². The van der Waals surface area contributed by atoms with Gasteiger partial charge in [-0.25, -0.2) is 0 Å². The fourth-order valence-electron chi connectivity index (χ4n) is 1.23. The third-order valence-electron chi connectivity index (χ3n) is 1.88. The van der Waals surface area contributed by atoms with Crippen LogP contribution in [0.15, 0.2) is 24.8 Å². The number of carbonyl (C=O) groups is 2. The van der Waals surface area contributed by atoms with Crippen LogP contribution in [-0.4, -0.2) is 12.3 Å². The normalized spacial score (nSPS) is 9.40. The first-order valence-electron chi connectivity index (χ1n) is 4.54. The van der Waals surface area contributed by atoms with Crippen molar-refractivity contribution in [2.75, 3.05) is 0 Å². The van der Waals surface area contributed by atoms with Crippen molar-refractivity contribution in [1.29, 1.82) is 0 Å². The molecule has 0 spiro atoms. The van der Waals surface area contributed by atoms with Crippen molar-refractivity contribution in [1.82, 2.24) is 0 Å². The molecule has 3 heteroatoms. The van der Waals surface area contributed by atoms with Gasteiger partial charge in [-0.15, -0.1) is 0 Å². The largest absolute Gasteiger partial charge is 0.426 e. The molecule has 1 aromatic rings. The minimum atomic E-state index is -0.395. The van der Waals surface area contributed by atoms with E-state index in [0.29, 0.717) is 11.3 Å². The Balaban J connectivity index is 3.07. The molecule has 0 unspecified atom stereocenters. The van der Waals surface area contributed by atoms with E-state index in [2.05, 4.69) is 6.58 Å². The summed E-state index contributed by atoms with van der Waals surface area (Å²) in [5, 5.41) is 0. The highest BCUT2D eigenvalue weighted by molar-refractivity contribution is 5.71. The van der Waals surface area contributed by atoms with Crippen molar-refractivity contribution >= 4 is 18.3 Å². The standard InChI is InChI=1S/C12H12O3/c1-3-10-4-5-12(15-9(2)14)11(8-10)6-7-13/h3-5,7-8H,1,6H2,2H3. The van der Waals surface area contributed by atoms with Crippen LogP contribution in [0.1, 0.15) is 18.1 Å². The van der Waals surface area contributed by atoms with Crippen LogP contribution in [0.2, 0.25) is 0 Å². The molecule has 3 nitrogen and oxygen atoms in total. The van der Waals surface area contributed by atoms with Gasteiger partial charge in [0, 0.05) is 18.9 Å². The smallest absolute Gasteiger partial charge is 0.308 e. The molecule has 0 aliphatic rings. The highest BCUT2D eigenvalue weighted by atomic mass is 16.5. The second-order valence-electron chi connectivity index (χ2n) is 3.04. The molecule has 0 bridgehead atoms. The summed E-state index contributed by atoms with van der Waals surface area (Å²) in [7, 11) is 0. The Morgan fingerprint density at radius 1 is 1.53 bits per heavy atom. The van der Waals surface area contributed by atoms with Gasteiger partial charge in [0.1, 0.15) is 12.0 Å². The van der Waals surface area contributed by atoms with E-state index < -0.39 is 5.97 Å². The lowest BCUT2D eigenvalue weighted by Crippen LogP contribution is -2.04. The molecule has 0 saturated carbocycles. The van der Waals surface area contributed by atoms with Gasteiger partial charge >= 0.3 is 5.97 Å². The van der Waals surface area contributed by atoms with Crippen LogP contribution in [0.4, 0.5) is 0 Å². The summed E-state index contributed by atoms with van der Waals surface area (Å²) in [6, 6.07) is 5.22. The van der Waals surface area contributed by atoms with Crippen molar-refractivity contribution in [3.8, 4) is 5.75 Å². The number of hydrogen-bond donors (Lipinski definition) is 0. The van der Waals surface area contributed by atoms with Crippen molar-refractivity contribution in [3.05, 3.63) is 35.9 Å². The summed E-state index contributed by atoms with van der Waals surface area (Å²) >= 11 is 0. The fraction of sp³-hybridized carbons (Fsp3) is 0.167. The summed E-state index contributed by atoms with van der Waals surface area (Å²) in [5.74, 6) is 0.0358. The van der Waals surface area contributed by atoms with Gasteiger partial charge in [0.2, 0.25) is 0 Å². The van der Waals surface area contributed by atoms with Gasteiger partial charge < -0.3 is 9.53 Å². The van der Waals surface area contributed by atoms with Crippen LogP contribution in [0, 0.1) is 0 Å². The van der Waals surface area contributed by atoms with Crippen LogP contribution in [0.25, 0.3) is 6.08 Å². The van der Waals surface area contributed by atoms with Gasteiger partial charge in [-0.05, 0) is 17.7 Å². The first-order valence-corrected chi connectivity index (χ1v) is 4.54. The Morgan fingerprint density at radius 2 is 2.27 bits per heavy atom. The van der Waals surface area contributed by atoms with Crippen LogP contribution in [-0.2, 0) is 16.0 Å². The summed E-state index contributed by atoms with van der Waals surface area (Å²) in [4.78, 5) is 21.2. The zero-order chi connectivity index (χ0) is 11.3. The maximum Gasteiger partial charge on any atom is 0.308 e. The summed E-state index contributed by atoms with van der Waals surface area (Å²) < 4.78 is 4.97. The topological polar surface area (TPSA) is 43.4 Å². The molecule has 0 radical (unpaired) electrons. The van der Waals surface area contributed by atoms with Crippen LogP contribution in [0.5, 0.6) is 5.75 Å². The Labute approximate surface area is 88.4 Å². The third kappa shape index (κ3) is 3.06. The Hall–Kier alpha value is -1.90. The summed E-state index contributed by atoms with van der Waals surface area (Å²) in [6.45, 7) is 4.95. The molecule has 0 atom stereocenters. The first-order chi connectivity index (χ1) is 7.17. The molecule has 0 aliphatic carbocycles. The van der Waals surface area contributed by atoms with E-state index in [1.165, 1.54) is 6.92 Å². The quantitative estimate of drug-likeness (QED) is 0.428. The maximum atomic E-state index is 10.8. The van der Waals surface area contributed by atoms with E-state index in [9.17, 15) is 9.59 Å². The predicted octanol–water partition coefficient (Wildman–Crippen LogP) is 2.00. The second-order valence-corrected chi connectivity index (χ2v) is 3.04. The van der Waals surface area contributed by atoms with Gasteiger partial charge in [-0.3, -0.25) is 4.79 Å². The number of aldehydes is 1. The van der Waals surface area contributed by atoms with Crippen molar-refractivity contribution in [2.24, 2.45) is 0 Å². The number of rotatable bonds is 4. The molecule has 0 saturated heterocycles. The lowest BCUT2D eigenvalue weighted by Gasteiger charge is -2.07. The average Bonchev–Trinajstić information content (AvgIpc) is 2.20. The van der Waals surface area contributed by atoms with Gasteiger partial charge in [0.05, 0.1) is 0 Å². The van der Waals surface area contributed by atoms with E-state index in [0.717, 1.165) is 11.8 Å². The highest BCUT2D eigenvalue weighted by Gasteiger charge is 2.06. The van der Waals surface area contributed by atoms with Crippen molar-refractivity contribution in [2.45, 2.75) is 13.3 Å². The number of ether oxygens (including phenoxy) is 1. The van der Waals surface area contributed by atoms with Crippen LogP contribution in [0.3, 0.4) is 0 Å². The van der Waals surface area contributed by atoms with Crippen molar-refractivity contribution in [3.63, 3.8) is 0 Å². The van der Waals surface area contributed by atoms with E-state index in [1.807, 2.05) is 0 Å². The highest BCUT2D eigenvalue weighted by Crippen LogP contribution is 2.21. The zero-order valence-corrected chi connectivity index (χ0v) is 8.53. The van der Waals surface area contributed by atoms with Gasteiger partial charge in [0.15, 0.2) is 0 Å². The van der Waals surface area contributed by atoms with E-state index in [1.54, 1.807) is 24.3 Å². The molecule has 0 aliphatic heterocycles. The maximum absolute atomic E-state index is 10.8. The fourth-order valence-corrected chi connectivity index (χ4v) is 1.23. The van der Waals surface area contributed by atoms with E-state index in [4.69, 9.17) is 4.74 Å². The molecule has 0 amide bonds. The monoisotopic (exact) mass is 204 g/mol. The Morgan fingerprint density at radius 3 is 2.80 bits per heavy atom. The molecule has 0 N–H and O–H groups in total. The summed E-state index contributed by atoms with van der Waals surface area (Å²) in [6.07, 6.45) is 2.67. The molecular weight excluding hydrogens is 192 g/mol. The average molecular weight is 204 g/mol. The Kier molecular flexibility index (Phi) is 3.80. The number of carbonyl (C=O) groups excluding carboxylic acids is 2. The van der Waals surface area contributed by atoms with Gasteiger partial charge in [-0.1, -0.05) is 18.7 Å².